The fourth-order valence-electron chi connectivity index (χ4n) is 2.58. The molecule has 0 amide bonds. The Balaban J connectivity index is 1.97. The first-order valence-corrected chi connectivity index (χ1v) is 8.66. The molecule has 0 bridgehead atoms. The quantitative estimate of drug-likeness (QED) is 0.772. The highest BCUT2D eigenvalue weighted by Gasteiger charge is 2.35. The van der Waals surface area contributed by atoms with Gasteiger partial charge in [0, 0.05) is 12.1 Å². The van der Waals surface area contributed by atoms with E-state index in [4.69, 9.17) is 0 Å². The highest BCUT2D eigenvalue weighted by molar-refractivity contribution is 7.91. The Bertz CT molecular complexity index is 838. The number of thiazole rings is 1. The monoisotopic (exact) mass is 326 g/mol. The Morgan fingerprint density at radius 2 is 2.10 bits per heavy atom. The largest absolute Gasteiger partial charge is 0.391 e. The van der Waals surface area contributed by atoms with Gasteiger partial charge in [-0.1, -0.05) is 35.6 Å². The van der Waals surface area contributed by atoms with Crippen molar-refractivity contribution in [1.29, 1.82) is 0 Å². The van der Waals surface area contributed by atoms with Crippen LogP contribution >= 0.6 is 11.3 Å². The number of aliphatic hydroxyl groups excluding tert-OH is 1. The summed E-state index contributed by atoms with van der Waals surface area (Å²) in [6.07, 6.45) is -0.403. The molecule has 1 heterocycles. The Kier molecular flexibility index (Phi) is 3.48. The van der Waals surface area contributed by atoms with Crippen molar-refractivity contribution in [3.05, 3.63) is 50.8 Å². The number of aliphatic hydroxyl groups is 1. The number of hydrogen-bond acceptors (Lipinski definition) is 5. The minimum Gasteiger partial charge on any atom is -0.391 e. The maximum Gasteiger partial charge on any atom is 0.305 e. The molecule has 1 aromatic carbocycles. The zero-order chi connectivity index (χ0) is 15.2. The molecular weight excluding hydrogens is 312 g/mol. The molecule has 21 heavy (non-hydrogen) atoms. The summed E-state index contributed by atoms with van der Waals surface area (Å²) in [5, 5.41) is 10.1. The lowest BCUT2D eigenvalue weighted by molar-refractivity contribution is 0.151. The van der Waals surface area contributed by atoms with Crippen LogP contribution in [0.4, 0.5) is 0 Å². The first-order chi connectivity index (χ1) is 9.88. The molecule has 1 aliphatic carbocycles. The van der Waals surface area contributed by atoms with Crippen LogP contribution in [0.3, 0.4) is 0 Å². The fraction of sp³-hybridized carbons (Fsp3) is 0.308. The van der Waals surface area contributed by atoms with Crippen molar-refractivity contribution in [3.8, 4) is 0 Å². The predicted octanol–water partition coefficient (Wildman–Crippen LogP) is 0.681. The second-order valence-corrected chi connectivity index (χ2v) is 7.89. The van der Waals surface area contributed by atoms with Crippen LogP contribution in [0.1, 0.15) is 22.9 Å². The van der Waals surface area contributed by atoms with Crippen molar-refractivity contribution < 1.29 is 13.5 Å². The smallest absolute Gasteiger partial charge is 0.305 e. The Morgan fingerprint density at radius 3 is 2.76 bits per heavy atom. The van der Waals surface area contributed by atoms with Gasteiger partial charge in [-0.05, 0) is 18.1 Å². The van der Waals surface area contributed by atoms with Gasteiger partial charge in [0.25, 0.3) is 10.0 Å². The third kappa shape index (κ3) is 2.55. The minimum absolute atomic E-state index is 0.0379. The van der Waals surface area contributed by atoms with Crippen molar-refractivity contribution >= 4 is 21.4 Å². The zero-order valence-electron chi connectivity index (χ0n) is 11.2. The summed E-state index contributed by atoms with van der Waals surface area (Å²) >= 11 is 0.644. The van der Waals surface area contributed by atoms with Gasteiger partial charge in [0.15, 0.2) is 4.21 Å². The van der Waals surface area contributed by atoms with E-state index < -0.39 is 27.0 Å². The van der Waals surface area contributed by atoms with Crippen LogP contribution in [0.5, 0.6) is 0 Å². The lowest BCUT2D eigenvalue weighted by atomic mass is 10.1. The molecule has 112 valence electrons. The lowest BCUT2D eigenvalue weighted by Gasteiger charge is -2.17. The van der Waals surface area contributed by atoms with Gasteiger partial charge < -0.3 is 10.1 Å². The molecular formula is C13H14N2O4S2. The number of aryl methyl sites for hydroxylation is 1. The molecule has 2 aromatic rings. The number of aromatic nitrogens is 1. The molecule has 3 rings (SSSR count). The summed E-state index contributed by atoms with van der Waals surface area (Å²) in [7, 11) is -3.85. The molecule has 8 heteroatoms. The third-order valence-corrected chi connectivity index (χ3v) is 6.56. The van der Waals surface area contributed by atoms with E-state index >= 15 is 0 Å². The van der Waals surface area contributed by atoms with Gasteiger partial charge in [0.05, 0.1) is 12.1 Å². The van der Waals surface area contributed by atoms with E-state index in [9.17, 15) is 18.3 Å². The Hall–Kier alpha value is -1.48. The Labute approximate surface area is 125 Å². The second-order valence-electron chi connectivity index (χ2n) is 5.00. The van der Waals surface area contributed by atoms with Gasteiger partial charge >= 0.3 is 4.87 Å². The molecule has 2 atom stereocenters. The molecule has 0 aliphatic heterocycles. The number of sulfonamides is 1. The molecule has 0 saturated heterocycles. The molecule has 1 aromatic heterocycles. The summed E-state index contributed by atoms with van der Waals surface area (Å²) in [6.45, 7) is 1.53. The number of benzene rings is 1. The molecule has 0 saturated carbocycles. The standard InChI is InChI=1S/C13H14N2O4S2/c1-7-12(20-13(17)14-7)21(18,19)15-11-9-5-3-2-4-8(9)6-10(11)16/h2-5,10-11,15-16H,6H2,1H3,(H,14,17)/t10-,11+/m0/s1. The highest BCUT2D eigenvalue weighted by Crippen LogP contribution is 2.32. The minimum atomic E-state index is -3.85. The molecule has 0 unspecified atom stereocenters. The number of fused-ring (bicyclic) bond motifs is 1. The fourth-order valence-corrected chi connectivity index (χ4v) is 5.15. The van der Waals surface area contributed by atoms with Crippen LogP contribution in [0.15, 0.2) is 33.3 Å². The average Bonchev–Trinajstić information content (AvgIpc) is 2.91. The van der Waals surface area contributed by atoms with Crippen LogP contribution in [-0.4, -0.2) is 24.6 Å². The first-order valence-electron chi connectivity index (χ1n) is 6.36. The van der Waals surface area contributed by atoms with Crippen molar-refractivity contribution in [2.24, 2.45) is 0 Å². The van der Waals surface area contributed by atoms with Gasteiger partial charge in [0.2, 0.25) is 0 Å². The van der Waals surface area contributed by atoms with Gasteiger partial charge in [-0.15, -0.1) is 0 Å². The number of hydrogen-bond donors (Lipinski definition) is 3. The van der Waals surface area contributed by atoms with Crippen LogP contribution in [-0.2, 0) is 16.4 Å². The van der Waals surface area contributed by atoms with Crippen molar-refractivity contribution in [2.45, 2.75) is 29.7 Å². The van der Waals surface area contributed by atoms with Gasteiger partial charge in [-0.25, -0.2) is 13.1 Å². The summed E-state index contributed by atoms with van der Waals surface area (Å²) in [4.78, 5) is 13.3. The molecule has 3 N–H and O–H groups in total. The molecule has 0 radical (unpaired) electrons. The maximum absolute atomic E-state index is 12.4. The van der Waals surface area contributed by atoms with E-state index in [0.29, 0.717) is 23.5 Å². The van der Waals surface area contributed by atoms with E-state index in [-0.39, 0.29) is 4.21 Å². The van der Waals surface area contributed by atoms with E-state index in [0.717, 1.165) is 11.1 Å². The van der Waals surface area contributed by atoms with Crippen LogP contribution < -0.4 is 9.60 Å². The van der Waals surface area contributed by atoms with Crippen LogP contribution in [0.2, 0.25) is 0 Å². The zero-order valence-corrected chi connectivity index (χ0v) is 12.8. The number of aromatic amines is 1. The summed E-state index contributed by atoms with van der Waals surface area (Å²) in [5.74, 6) is 0. The van der Waals surface area contributed by atoms with E-state index in [1.807, 2.05) is 12.1 Å². The summed E-state index contributed by atoms with van der Waals surface area (Å²) in [5.41, 5.74) is 2.00. The lowest BCUT2D eigenvalue weighted by Crippen LogP contribution is -2.33. The second kappa shape index (κ2) is 5.06. The van der Waals surface area contributed by atoms with Crippen molar-refractivity contribution in [1.82, 2.24) is 9.71 Å². The van der Waals surface area contributed by atoms with Gasteiger partial charge in [0.1, 0.15) is 0 Å². The average molecular weight is 326 g/mol. The van der Waals surface area contributed by atoms with Crippen molar-refractivity contribution in [2.75, 3.05) is 0 Å². The number of nitrogens with one attached hydrogen (secondary N) is 2. The normalized spacial score (nSPS) is 21.4. The first kappa shape index (κ1) is 14.5. The van der Waals surface area contributed by atoms with Gasteiger partial charge in [-0.3, -0.25) is 4.79 Å². The number of rotatable bonds is 3. The molecule has 0 fully saturated rings. The summed E-state index contributed by atoms with van der Waals surface area (Å²) in [6, 6.07) is 6.63. The third-order valence-electron chi connectivity index (χ3n) is 3.51. The topological polar surface area (TPSA) is 99.3 Å². The van der Waals surface area contributed by atoms with E-state index in [1.54, 1.807) is 12.1 Å². The van der Waals surface area contributed by atoms with Gasteiger partial charge in [-0.2, -0.15) is 0 Å². The molecule has 1 aliphatic rings. The number of H-pyrrole nitrogens is 1. The van der Waals surface area contributed by atoms with E-state index in [1.165, 1.54) is 6.92 Å². The van der Waals surface area contributed by atoms with Crippen LogP contribution in [0, 0.1) is 6.92 Å². The SMILES string of the molecule is Cc1[nH]c(=O)sc1S(=O)(=O)N[C@@H]1c2ccccc2C[C@@H]1O. The van der Waals surface area contributed by atoms with Crippen LogP contribution in [0.25, 0.3) is 0 Å². The molecule has 6 nitrogen and oxygen atoms in total. The van der Waals surface area contributed by atoms with E-state index in [2.05, 4.69) is 9.71 Å². The summed E-state index contributed by atoms with van der Waals surface area (Å²) < 4.78 is 27.3. The predicted molar refractivity (Wildman–Crippen MR) is 78.9 cm³/mol. The highest BCUT2D eigenvalue weighted by atomic mass is 32.2. The maximum atomic E-state index is 12.4. The van der Waals surface area contributed by atoms with Crippen molar-refractivity contribution in [3.63, 3.8) is 0 Å². The Morgan fingerprint density at radius 1 is 1.38 bits per heavy atom. The molecule has 0 spiro atoms.